The zero-order valence-corrected chi connectivity index (χ0v) is 22.6. The van der Waals surface area contributed by atoms with Gasteiger partial charge in [0.25, 0.3) is 0 Å². The third-order valence-corrected chi connectivity index (χ3v) is 8.17. The highest BCUT2D eigenvalue weighted by atomic mass is 35.5. The Morgan fingerprint density at radius 1 is 1.28 bits per heavy atom. The van der Waals surface area contributed by atoms with Crippen molar-refractivity contribution in [3.05, 3.63) is 77.7 Å². The van der Waals surface area contributed by atoms with E-state index in [1.54, 1.807) is 27.6 Å². The molecule has 1 aliphatic rings. The van der Waals surface area contributed by atoms with Gasteiger partial charge in [-0.05, 0) is 67.7 Å². The first-order valence-electron chi connectivity index (χ1n) is 12.0. The van der Waals surface area contributed by atoms with Gasteiger partial charge in [0.15, 0.2) is 0 Å². The molecule has 3 aromatic rings. The Bertz CT molecular complexity index is 1610. The predicted octanol–water partition coefficient (Wildman–Crippen LogP) is 6.92. The number of benzene rings is 1. The van der Waals surface area contributed by atoms with E-state index in [-0.39, 0.29) is 23.1 Å². The van der Waals surface area contributed by atoms with Gasteiger partial charge in [0.2, 0.25) is 10.0 Å². The van der Waals surface area contributed by atoms with Crippen LogP contribution in [0.25, 0.3) is 28.1 Å². The molecule has 0 amide bonds. The summed E-state index contributed by atoms with van der Waals surface area (Å²) in [7, 11) is -4.51. The summed E-state index contributed by atoms with van der Waals surface area (Å²) in [6.07, 6.45) is 6.18. The van der Waals surface area contributed by atoms with Gasteiger partial charge in [0.05, 0.1) is 21.9 Å². The van der Waals surface area contributed by atoms with Gasteiger partial charge in [0, 0.05) is 17.8 Å². The number of hydrogen-bond donors (Lipinski definition) is 1. The molecule has 2 aromatic heterocycles. The van der Waals surface area contributed by atoms with E-state index in [0.29, 0.717) is 34.9 Å². The largest absolute Gasteiger partial charge is 0.404 e. The van der Waals surface area contributed by atoms with Gasteiger partial charge >= 0.3 is 6.18 Å². The van der Waals surface area contributed by atoms with Crippen LogP contribution in [-0.2, 0) is 16.4 Å². The SMILES string of the molecule is C=CCc1cc2c(cc1F)c(Cl)c(-c1ccc(S(=O)(=O)NC(C)C(F)(F)F)cn1)n2C1=CC(CC)C=CC=N1. The Morgan fingerprint density at radius 2 is 2.03 bits per heavy atom. The molecule has 0 aliphatic carbocycles. The molecule has 0 fully saturated rings. The van der Waals surface area contributed by atoms with Crippen LogP contribution in [-0.4, -0.2) is 36.4 Å². The van der Waals surface area contributed by atoms with E-state index < -0.39 is 33.0 Å². The molecule has 1 aliphatic heterocycles. The molecule has 6 nitrogen and oxygen atoms in total. The van der Waals surface area contributed by atoms with Crippen molar-refractivity contribution in [1.29, 1.82) is 0 Å². The topological polar surface area (TPSA) is 76.3 Å². The number of allylic oxidation sites excluding steroid dienone is 4. The standard InChI is InChI=1S/C27H25ClF4N4O2S/c1-4-7-18-13-23-20(14-21(18)29)25(28)26(36(23)24-12-17(5-2)8-6-11-33-24)22-10-9-19(15-34-22)39(37,38)35-16(3)27(30,31)32/h4,6,8-17,35H,1,5,7H2,2-3H3. The Kier molecular flexibility index (Phi) is 8.15. The second-order valence-electron chi connectivity index (χ2n) is 8.98. The fraction of sp³-hybridized carbons (Fsp3) is 0.259. The van der Waals surface area contributed by atoms with Crippen LogP contribution in [0.2, 0.25) is 5.02 Å². The maximum absolute atomic E-state index is 14.9. The van der Waals surface area contributed by atoms with Gasteiger partial charge in [0.1, 0.15) is 22.6 Å². The lowest BCUT2D eigenvalue weighted by Crippen LogP contribution is -2.42. The molecule has 1 N–H and O–H groups in total. The molecule has 2 unspecified atom stereocenters. The number of pyridine rings is 1. The van der Waals surface area contributed by atoms with E-state index in [2.05, 4.69) is 16.6 Å². The molecular formula is C27H25ClF4N4O2S. The zero-order valence-electron chi connectivity index (χ0n) is 21.0. The Labute approximate surface area is 228 Å². The maximum Gasteiger partial charge on any atom is 0.404 e. The van der Waals surface area contributed by atoms with Gasteiger partial charge in [-0.25, -0.2) is 17.8 Å². The summed E-state index contributed by atoms with van der Waals surface area (Å²) in [5.74, 6) is 0.0645. The van der Waals surface area contributed by atoms with Crippen molar-refractivity contribution in [2.24, 2.45) is 10.9 Å². The van der Waals surface area contributed by atoms with Crippen LogP contribution in [0, 0.1) is 11.7 Å². The number of rotatable bonds is 8. The van der Waals surface area contributed by atoms with E-state index in [4.69, 9.17) is 11.6 Å². The smallest absolute Gasteiger partial charge is 0.291 e. The number of fused-ring (bicyclic) bond motifs is 1. The number of nitrogens with one attached hydrogen (secondary N) is 1. The first kappa shape index (κ1) is 28.7. The zero-order chi connectivity index (χ0) is 28.5. The minimum Gasteiger partial charge on any atom is -0.291 e. The second kappa shape index (κ2) is 11.1. The van der Waals surface area contributed by atoms with Crippen LogP contribution in [0.3, 0.4) is 0 Å². The molecule has 12 heteroatoms. The average molecular weight is 581 g/mol. The van der Waals surface area contributed by atoms with E-state index in [1.807, 2.05) is 25.2 Å². The number of alkyl halides is 3. The summed E-state index contributed by atoms with van der Waals surface area (Å²) in [5, 5.41) is 0.542. The van der Waals surface area contributed by atoms with Crippen LogP contribution in [0.1, 0.15) is 25.8 Å². The van der Waals surface area contributed by atoms with Crippen LogP contribution < -0.4 is 4.72 Å². The van der Waals surface area contributed by atoms with Crippen molar-refractivity contribution in [3.63, 3.8) is 0 Å². The highest BCUT2D eigenvalue weighted by molar-refractivity contribution is 7.89. The summed E-state index contributed by atoms with van der Waals surface area (Å²) in [5.41, 5.74) is 1.48. The minimum absolute atomic E-state index is 0.0434. The van der Waals surface area contributed by atoms with E-state index in [1.165, 1.54) is 12.1 Å². The van der Waals surface area contributed by atoms with Crippen molar-refractivity contribution in [3.8, 4) is 11.4 Å². The molecule has 0 radical (unpaired) electrons. The molecule has 0 bridgehead atoms. The van der Waals surface area contributed by atoms with Crippen molar-refractivity contribution < 1.29 is 26.0 Å². The lowest BCUT2D eigenvalue weighted by atomic mass is 10.1. The van der Waals surface area contributed by atoms with Gasteiger partial charge in [-0.2, -0.15) is 17.9 Å². The first-order chi connectivity index (χ1) is 18.4. The highest BCUT2D eigenvalue weighted by Gasteiger charge is 2.39. The number of nitrogens with zero attached hydrogens (tertiary/aromatic N) is 3. The van der Waals surface area contributed by atoms with Gasteiger partial charge < -0.3 is 0 Å². The monoisotopic (exact) mass is 580 g/mol. The fourth-order valence-corrected chi connectivity index (χ4v) is 5.63. The molecular weight excluding hydrogens is 556 g/mol. The number of halogens is 5. The van der Waals surface area contributed by atoms with E-state index in [9.17, 15) is 26.0 Å². The average Bonchev–Trinajstić information content (AvgIpc) is 3.01. The molecule has 2 atom stereocenters. The van der Waals surface area contributed by atoms with Crippen molar-refractivity contribution in [1.82, 2.24) is 14.3 Å². The Hall–Kier alpha value is -3.28. The normalized spacial score (nSPS) is 16.8. The summed E-state index contributed by atoms with van der Waals surface area (Å²) >= 11 is 6.78. The number of sulfonamides is 1. The van der Waals surface area contributed by atoms with Crippen molar-refractivity contribution >= 4 is 44.6 Å². The third kappa shape index (κ3) is 5.85. The lowest BCUT2D eigenvalue weighted by molar-refractivity contribution is -0.147. The quantitative estimate of drug-likeness (QED) is 0.232. The molecule has 0 saturated carbocycles. The molecule has 39 heavy (non-hydrogen) atoms. The molecule has 4 rings (SSSR count). The molecule has 1 aromatic carbocycles. The molecule has 0 saturated heterocycles. The summed E-state index contributed by atoms with van der Waals surface area (Å²) in [6.45, 7) is 6.40. The lowest BCUT2D eigenvalue weighted by Gasteiger charge is -2.17. The van der Waals surface area contributed by atoms with E-state index >= 15 is 0 Å². The second-order valence-corrected chi connectivity index (χ2v) is 11.1. The number of aromatic nitrogens is 2. The van der Waals surface area contributed by atoms with Gasteiger partial charge in [-0.1, -0.05) is 30.7 Å². The highest BCUT2D eigenvalue weighted by Crippen LogP contribution is 2.41. The van der Waals surface area contributed by atoms with Gasteiger partial charge in [-0.15, -0.1) is 6.58 Å². The number of hydrogen-bond acceptors (Lipinski definition) is 4. The van der Waals surface area contributed by atoms with Crippen molar-refractivity contribution in [2.75, 3.05) is 0 Å². The summed E-state index contributed by atoms with van der Waals surface area (Å²) < 4.78 is 82.0. The Morgan fingerprint density at radius 3 is 2.64 bits per heavy atom. The van der Waals surface area contributed by atoms with Gasteiger partial charge in [-0.3, -0.25) is 9.55 Å². The van der Waals surface area contributed by atoms with Crippen LogP contribution in [0.4, 0.5) is 17.6 Å². The van der Waals surface area contributed by atoms with Crippen LogP contribution in [0.5, 0.6) is 0 Å². The summed E-state index contributed by atoms with van der Waals surface area (Å²) in [4.78, 5) is 8.32. The predicted molar refractivity (Wildman–Crippen MR) is 146 cm³/mol. The minimum atomic E-state index is -4.76. The molecule has 3 heterocycles. The molecule has 206 valence electrons. The Balaban J connectivity index is 1.90. The van der Waals surface area contributed by atoms with Crippen LogP contribution >= 0.6 is 11.6 Å². The maximum atomic E-state index is 14.9. The first-order valence-corrected chi connectivity index (χ1v) is 13.8. The number of aliphatic imine (C=N–C) groups is 1. The van der Waals surface area contributed by atoms with Crippen LogP contribution in [0.15, 0.2) is 71.2 Å². The fourth-order valence-electron chi connectivity index (χ4n) is 4.12. The van der Waals surface area contributed by atoms with E-state index in [0.717, 1.165) is 18.7 Å². The van der Waals surface area contributed by atoms with Crippen molar-refractivity contribution in [2.45, 2.75) is 43.8 Å². The third-order valence-electron chi connectivity index (χ3n) is 6.26. The molecule has 0 spiro atoms. The summed E-state index contributed by atoms with van der Waals surface area (Å²) in [6, 6.07) is 3.14.